The van der Waals surface area contributed by atoms with Crippen LogP contribution in [0.4, 0.5) is 5.69 Å². The summed E-state index contributed by atoms with van der Waals surface area (Å²) in [7, 11) is -4.07. The minimum Gasteiger partial charge on any atom is -0.310 e. The highest BCUT2D eigenvalue weighted by atomic mass is 32.2. The van der Waals surface area contributed by atoms with Crippen LogP contribution in [0.3, 0.4) is 0 Å². The standard InChI is InChI=1S/C20H19N3O4S/c1-14-8-9-16(12-15(14)2)22(11-5-10-21)19(24)13-23-20(25)17-6-3-4-7-18(17)28(23,26)27/h3-4,6-9,12H,5,11,13H2,1-2H3. The van der Waals surface area contributed by atoms with E-state index in [1.54, 1.807) is 18.2 Å². The Morgan fingerprint density at radius 3 is 2.50 bits per heavy atom. The number of rotatable bonds is 5. The number of anilines is 1. The predicted octanol–water partition coefficient (Wildman–Crippen LogP) is 2.39. The molecule has 0 aromatic heterocycles. The lowest BCUT2D eigenvalue weighted by Gasteiger charge is -2.25. The van der Waals surface area contributed by atoms with Gasteiger partial charge < -0.3 is 4.90 Å². The van der Waals surface area contributed by atoms with Crippen LogP contribution in [0.25, 0.3) is 0 Å². The van der Waals surface area contributed by atoms with Crippen molar-refractivity contribution in [2.75, 3.05) is 18.0 Å². The van der Waals surface area contributed by atoms with Crippen LogP contribution < -0.4 is 4.90 Å². The van der Waals surface area contributed by atoms with Crippen molar-refractivity contribution in [3.63, 3.8) is 0 Å². The Balaban J connectivity index is 1.91. The van der Waals surface area contributed by atoms with Crippen LogP contribution in [0.15, 0.2) is 47.4 Å². The van der Waals surface area contributed by atoms with Gasteiger partial charge in [0.15, 0.2) is 0 Å². The number of amides is 2. The van der Waals surface area contributed by atoms with Crippen molar-refractivity contribution in [1.29, 1.82) is 5.26 Å². The molecule has 2 aromatic rings. The Hall–Kier alpha value is -3.18. The fraction of sp³-hybridized carbons (Fsp3) is 0.250. The van der Waals surface area contributed by atoms with E-state index in [9.17, 15) is 18.0 Å². The third kappa shape index (κ3) is 3.37. The quantitative estimate of drug-likeness (QED) is 0.771. The smallest absolute Gasteiger partial charge is 0.269 e. The molecule has 2 aromatic carbocycles. The molecule has 0 radical (unpaired) electrons. The third-order valence-electron chi connectivity index (χ3n) is 4.74. The second-order valence-corrected chi connectivity index (χ2v) is 8.37. The van der Waals surface area contributed by atoms with E-state index in [1.165, 1.54) is 23.1 Å². The van der Waals surface area contributed by atoms with Gasteiger partial charge in [-0.15, -0.1) is 0 Å². The number of nitriles is 1. The Kier molecular flexibility index (Phi) is 5.21. The van der Waals surface area contributed by atoms with Gasteiger partial charge in [0.1, 0.15) is 11.4 Å². The first-order valence-corrected chi connectivity index (χ1v) is 10.1. The maximum absolute atomic E-state index is 12.9. The lowest BCUT2D eigenvalue weighted by atomic mass is 10.1. The normalized spacial score (nSPS) is 14.5. The maximum atomic E-state index is 12.9. The highest BCUT2D eigenvalue weighted by Crippen LogP contribution is 2.30. The molecule has 3 rings (SSSR count). The zero-order valence-corrected chi connectivity index (χ0v) is 16.4. The van der Waals surface area contributed by atoms with E-state index in [-0.39, 0.29) is 23.4 Å². The summed E-state index contributed by atoms with van der Waals surface area (Å²) in [4.78, 5) is 26.7. The molecule has 0 atom stereocenters. The van der Waals surface area contributed by atoms with Crippen LogP contribution in [0.2, 0.25) is 0 Å². The van der Waals surface area contributed by atoms with Gasteiger partial charge in [-0.05, 0) is 49.2 Å². The van der Waals surface area contributed by atoms with Crippen molar-refractivity contribution in [2.45, 2.75) is 25.2 Å². The highest BCUT2D eigenvalue weighted by Gasteiger charge is 2.42. The molecular weight excluding hydrogens is 378 g/mol. The largest absolute Gasteiger partial charge is 0.310 e. The molecule has 28 heavy (non-hydrogen) atoms. The van der Waals surface area contributed by atoms with Crippen LogP contribution in [0, 0.1) is 25.2 Å². The van der Waals surface area contributed by atoms with E-state index in [1.807, 2.05) is 26.0 Å². The van der Waals surface area contributed by atoms with Crippen molar-refractivity contribution in [3.05, 3.63) is 59.2 Å². The van der Waals surface area contributed by atoms with Crippen molar-refractivity contribution >= 4 is 27.5 Å². The monoisotopic (exact) mass is 397 g/mol. The molecule has 8 heteroatoms. The van der Waals surface area contributed by atoms with E-state index in [0.717, 1.165) is 11.1 Å². The Morgan fingerprint density at radius 2 is 1.86 bits per heavy atom. The second-order valence-electron chi connectivity index (χ2n) is 6.54. The molecule has 1 aliphatic heterocycles. The lowest BCUT2D eigenvalue weighted by molar-refractivity contribution is -0.118. The number of sulfonamides is 1. The molecule has 1 heterocycles. The first-order valence-electron chi connectivity index (χ1n) is 8.68. The second kappa shape index (κ2) is 7.44. The fourth-order valence-electron chi connectivity index (χ4n) is 3.05. The summed E-state index contributed by atoms with van der Waals surface area (Å²) in [5.74, 6) is -1.28. The molecule has 0 bridgehead atoms. The zero-order valence-electron chi connectivity index (χ0n) is 15.5. The number of fused-ring (bicyclic) bond motifs is 1. The average Bonchev–Trinajstić information content (AvgIpc) is 2.86. The van der Waals surface area contributed by atoms with E-state index >= 15 is 0 Å². The number of benzene rings is 2. The summed E-state index contributed by atoms with van der Waals surface area (Å²) in [6, 6.07) is 13.3. The highest BCUT2D eigenvalue weighted by molar-refractivity contribution is 7.90. The first kappa shape index (κ1) is 19.6. The zero-order chi connectivity index (χ0) is 20.5. The summed E-state index contributed by atoms with van der Waals surface area (Å²) < 4.78 is 26.0. The number of aryl methyl sites for hydroxylation is 2. The van der Waals surface area contributed by atoms with Crippen LogP contribution in [0.5, 0.6) is 0 Å². The first-order chi connectivity index (χ1) is 13.3. The molecule has 144 valence electrons. The predicted molar refractivity (Wildman–Crippen MR) is 103 cm³/mol. The van der Waals surface area contributed by atoms with Crippen molar-refractivity contribution in [2.24, 2.45) is 0 Å². The molecule has 2 amide bonds. The van der Waals surface area contributed by atoms with E-state index in [4.69, 9.17) is 5.26 Å². The van der Waals surface area contributed by atoms with Crippen LogP contribution >= 0.6 is 0 Å². The molecule has 7 nitrogen and oxygen atoms in total. The summed E-state index contributed by atoms with van der Waals surface area (Å²) in [5.41, 5.74) is 2.63. The molecule has 0 saturated carbocycles. The number of nitrogens with zero attached hydrogens (tertiary/aromatic N) is 3. The molecule has 0 saturated heterocycles. The number of carbonyl (C=O) groups is 2. The molecule has 0 fully saturated rings. The topological polar surface area (TPSA) is 98.5 Å². The van der Waals surface area contributed by atoms with Gasteiger partial charge in [0.05, 0.1) is 18.1 Å². The lowest BCUT2D eigenvalue weighted by Crippen LogP contribution is -2.43. The molecule has 0 N–H and O–H groups in total. The van der Waals surface area contributed by atoms with E-state index in [0.29, 0.717) is 9.99 Å². The van der Waals surface area contributed by atoms with E-state index in [2.05, 4.69) is 0 Å². The molecule has 1 aliphatic rings. The van der Waals surface area contributed by atoms with Gasteiger partial charge in [-0.1, -0.05) is 18.2 Å². The van der Waals surface area contributed by atoms with Gasteiger partial charge in [0, 0.05) is 12.2 Å². The third-order valence-corrected chi connectivity index (χ3v) is 6.53. The summed E-state index contributed by atoms with van der Waals surface area (Å²) >= 11 is 0. The van der Waals surface area contributed by atoms with Gasteiger partial charge in [-0.3, -0.25) is 9.59 Å². The van der Waals surface area contributed by atoms with Crippen LogP contribution in [-0.4, -0.2) is 37.6 Å². The van der Waals surface area contributed by atoms with Crippen molar-refractivity contribution in [1.82, 2.24) is 4.31 Å². The summed E-state index contributed by atoms with van der Waals surface area (Å²) in [6.45, 7) is 3.32. The molecule has 0 unspecified atom stereocenters. The van der Waals surface area contributed by atoms with Gasteiger partial charge in [-0.2, -0.15) is 5.26 Å². The average molecular weight is 397 g/mol. The van der Waals surface area contributed by atoms with Gasteiger partial charge in [0.2, 0.25) is 5.91 Å². The number of hydrogen-bond acceptors (Lipinski definition) is 5. The fourth-order valence-corrected chi connectivity index (χ4v) is 4.57. The molecular formula is C20H19N3O4S. The molecule has 0 spiro atoms. The number of hydrogen-bond donors (Lipinski definition) is 0. The van der Waals surface area contributed by atoms with Crippen LogP contribution in [-0.2, 0) is 14.8 Å². The Bertz CT molecular complexity index is 1100. The SMILES string of the molecule is Cc1ccc(N(CCC#N)C(=O)CN2C(=O)c3ccccc3S2(=O)=O)cc1C. The number of carbonyl (C=O) groups excluding carboxylic acids is 2. The summed E-state index contributed by atoms with van der Waals surface area (Å²) in [6.07, 6.45) is 0.0829. The summed E-state index contributed by atoms with van der Waals surface area (Å²) in [5, 5.41) is 8.92. The van der Waals surface area contributed by atoms with Gasteiger partial charge in [0.25, 0.3) is 15.9 Å². The van der Waals surface area contributed by atoms with E-state index < -0.39 is 28.4 Å². The Labute approximate surface area is 163 Å². The minimum absolute atomic E-state index is 0.0602. The van der Waals surface area contributed by atoms with Crippen LogP contribution in [0.1, 0.15) is 27.9 Å². The van der Waals surface area contributed by atoms with Crippen molar-refractivity contribution in [3.8, 4) is 6.07 Å². The molecule has 0 aliphatic carbocycles. The minimum atomic E-state index is -4.07. The maximum Gasteiger partial charge on any atom is 0.269 e. The Morgan fingerprint density at radius 1 is 1.14 bits per heavy atom. The van der Waals surface area contributed by atoms with Gasteiger partial charge >= 0.3 is 0 Å². The van der Waals surface area contributed by atoms with Crippen molar-refractivity contribution < 1.29 is 18.0 Å². The van der Waals surface area contributed by atoms with Gasteiger partial charge in [-0.25, -0.2) is 12.7 Å².